The van der Waals surface area contributed by atoms with Crippen LogP contribution < -0.4 is 11.1 Å². The molecule has 0 spiro atoms. The zero-order valence-corrected chi connectivity index (χ0v) is 12.1. The first kappa shape index (κ1) is 17.2. The van der Waals surface area contributed by atoms with E-state index in [1.807, 2.05) is 20.8 Å². The summed E-state index contributed by atoms with van der Waals surface area (Å²) in [4.78, 5) is 25.4. The van der Waals surface area contributed by atoms with Crippen molar-refractivity contribution in [2.45, 2.75) is 58.2 Å². The number of rotatable bonds is 5. The van der Waals surface area contributed by atoms with Crippen LogP contribution in [0.15, 0.2) is 0 Å². The number of nitrogens with two attached hydrogens (primary N) is 1. The van der Waals surface area contributed by atoms with Gasteiger partial charge in [-0.2, -0.15) is 0 Å². The van der Waals surface area contributed by atoms with Gasteiger partial charge in [0.25, 0.3) is 0 Å². The molecule has 106 valence electrons. The van der Waals surface area contributed by atoms with E-state index in [0.29, 0.717) is 19.4 Å². The maximum atomic E-state index is 11.9. The molecule has 0 aromatic heterocycles. The van der Waals surface area contributed by atoms with Crippen molar-refractivity contribution in [3.63, 3.8) is 0 Å². The zero-order chi connectivity index (χ0) is 13.0. The number of carbonyl (C=O) groups excluding carboxylic acids is 2. The molecule has 1 aliphatic heterocycles. The zero-order valence-electron chi connectivity index (χ0n) is 11.3. The Morgan fingerprint density at radius 2 is 2.17 bits per heavy atom. The first-order chi connectivity index (χ1) is 7.97. The van der Waals surface area contributed by atoms with Crippen LogP contribution in [-0.2, 0) is 9.59 Å². The van der Waals surface area contributed by atoms with Gasteiger partial charge in [0, 0.05) is 12.6 Å². The maximum Gasteiger partial charge on any atom is 0.245 e. The topological polar surface area (TPSA) is 75.4 Å². The van der Waals surface area contributed by atoms with Crippen LogP contribution in [-0.4, -0.2) is 41.4 Å². The first-order valence-corrected chi connectivity index (χ1v) is 6.33. The van der Waals surface area contributed by atoms with E-state index in [2.05, 4.69) is 5.32 Å². The van der Waals surface area contributed by atoms with Gasteiger partial charge in [0.05, 0.1) is 6.04 Å². The number of hydrogen-bond donors (Lipinski definition) is 2. The van der Waals surface area contributed by atoms with Gasteiger partial charge in [0.2, 0.25) is 11.8 Å². The molecule has 18 heavy (non-hydrogen) atoms. The maximum absolute atomic E-state index is 11.9. The highest BCUT2D eigenvalue weighted by atomic mass is 35.5. The number of halogens is 1. The molecular formula is C12H24ClN3O2. The molecule has 1 aliphatic rings. The second-order valence-electron chi connectivity index (χ2n) is 4.87. The molecular weight excluding hydrogens is 254 g/mol. The van der Waals surface area contributed by atoms with E-state index >= 15 is 0 Å². The second-order valence-corrected chi connectivity index (χ2v) is 4.87. The lowest BCUT2D eigenvalue weighted by molar-refractivity contribution is -0.134. The fourth-order valence-corrected chi connectivity index (χ4v) is 2.07. The van der Waals surface area contributed by atoms with Crippen LogP contribution in [0.1, 0.15) is 40.0 Å². The Kier molecular flexibility index (Phi) is 7.25. The van der Waals surface area contributed by atoms with Gasteiger partial charge in [0.15, 0.2) is 0 Å². The number of likely N-dealkylation sites (tertiary alicyclic amines) is 1. The van der Waals surface area contributed by atoms with Gasteiger partial charge in [-0.3, -0.25) is 9.59 Å². The highest BCUT2D eigenvalue weighted by Crippen LogP contribution is 2.14. The molecule has 2 amide bonds. The van der Waals surface area contributed by atoms with Gasteiger partial charge in [-0.05, 0) is 26.7 Å². The van der Waals surface area contributed by atoms with Crippen LogP contribution in [0, 0.1) is 0 Å². The third kappa shape index (κ3) is 4.14. The van der Waals surface area contributed by atoms with E-state index in [-0.39, 0.29) is 36.3 Å². The van der Waals surface area contributed by atoms with Gasteiger partial charge in [-0.1, -0.05) is 13.3 Å². The molecule has 1 fully saturated rings. The Balaban J connectivity index is 0.00000289. The number of amides is 2. The Bertz CT molecular complexity index is 297. The SMILES string of the molecule is CCCC(N)C(=O)NC1CCN(C(C)C)C1=O.Cl. The number of hydrogen-bond acceptors (Lipinski definition) is 3. The Morgan fingerprint density at radius 3 is 2.61 bits per heavy atom. The summed E-state index contributed by atoms with van der Waals surface area (Å²) in [5, 5.41) is 2.74. The minimum absolute atomic E-state index is 0. The molecule has 0 aliphatic carbocycles. The summed E-state index contributed by atoms with van der Waals surface area (Å²) in [7, 11) is 0. The lowest BCUT2D eigenvalue weighted by Gasteiger charge is -2.21. The first-order valence-electron chi connectivity index (χ1n) is 6.33. The van der Waals surface area contributed by atoms with Crippen LogP contribution >= 0.6 is 12.4 Å². The summed E-state index contributed by atoms with van der Waals surface area (Å²) in [6, 6.07) is -0.692. The molecule has 3 N–H and O–H groups in total. The minimum Gasteiger partial charge on any atom is -0.343 e. The molecule has 6 heteroatoms. The standard InChI is InChI=1S/C12H23N3O2.ClH/c1-4-5-9(13)11(16)14-10-6-7-15(8(2)3)12(10)17;/h8-10H,4-7,13H2,1-3H3,(H,14,16);1H. The molecule has 1 heterocycles. The van der Waals surface area contributed by atoms with E-state index in [1.165, 1.54) is 0 Å². The van der Waals surface area contributed by atoms with Gasteiger partial charge in [0.1, 0.15) is 6.04 Å². The third-order valence-corrected chi connectivity index (χ3v) is 3.12. The van der Waals surface area contributed by atoms with Crippen molar-refractivity contribution in [1.29, 1.82) is 0 Å². The summed E-state index contributed by atoms with van der Waals surface area (Å²) in [6.07, 6.45) is 2.20. The summed E-state index contributed by atoms with van der Waals surface area (Å²) < 4.78 is 0. The minimum atomic E-state index is -0.499. The van der Waals surface area contributed by atoms with Crippen molar-refractivity contribution in [2.75, 3.05) is 6.54 Å². The molecule has 1 rings (SSSR count). The summed E-state index contributed by atoms with van der Waals surface area (Å²) >= 11 is 0. The van der Waals surface area contributed by atoms with Crippen molar-refractivity contribution < 1.29 is 9.59 Å². The monoisotopic (exact) mass is 277 g/mol. The van der Waals surface area contributed by atoms with E-state index < -0.39 is 6.04 Å². The Hall–Kier alpha value is -0.810. The van der Waals surface area contributed by atoms with Gasteiger partial charge < -0.3 is 16.0 Å². The molecule has 0 saturated carbocycles. The van der Waals surface area contributed by atoms with Crippen molar-refractivity contribution in [3.8, 4) is 0 Å². The van der Waals surface area contributed by atoms with Crippen molar-refractivity contribution >= 4 is 24.2 Å². The number of carbonyl (C=O) groups is 2. The predicted molar refractivity (Wildman–Crippen MR) is 73.5 cm³/mol. The Labute approximate surface area is 115 Å². The fourth-order valence-electron chi connectivity index (χ4n) is 2.07. The van der Waals surface area contributed by atoms with Gasteiger partial charge >= 0.3 is 0 Å². The molecule has 0 bridgehead atoms. The molecule has 5 nitrogen and oxygen atoms in total. The Morgan fingerprint density at radius 1 is 1.56 bits per heavy atom. The van der Waals surface area contributed by atoms with Crippen LogP contribution in [0.5, 0.6) is 0 Å². The second kappa shape index (κ2) is 7.59. The lowest BCUT2D eigenvalue weighted by Crippen LogP contribution is -2.48. The van der Waals surface area contributed by atoms with Crippen molar-refractivity contribution in [2.24, 2.45) is 5.73 Å². The molecule has 2 unspecified atom stereocenters. The van der Waals surface area contributed by atoms with E-state index in [4.69, 9.17) is 5.73 Å². The van der Waals surface area contributed by atoms with Crippen molar-refractivity contribution in [1.82, 2.24) is 10.2 Å². The average molecular weight is 278 g/mol. The number of nitrogens with zero attached hydrogens (tertiary/aromatic N) is 1. The molecule has 1 saturated heterocycles. The summed E-state index contributed by atoms with van der Waals surface area (Å²) in [6.45, 7) is 6.65. The van der Waals surface area contributed by atoms with Crippen LogP contribution in [0.2, 0.25) is 0 Å². The summed E-state index contributed by atoms with van der Waals surface area (Å²) in [5.74, 6) is -0.201. The highest BCUT2D eigenvalue weighted by Gasteiger charge is 2.34. The summed E-state index contributed by atoms with van der Waals surface area (Å²) in [5.41, 5.74) is 5.71. The normalized spacial score (nSPS) is 20.8. The average Bonchev–Trinajstić information content (AvgIpc) is 2.61. The van der Waals surface area contributed by atoms with E-state index in [9.17, 15) is 9.59 Å². The molecule has 2 atom stereocenters. The smallest absolute Gasteiger partial charge is 0.245 e. The molecule has 0 aromatic carbocycles. The van der Waals surface area contributed by atoms with Crippen LogP contribution in [0.25, 0.3) is 0 Å². The van der Waals surface area contributed by atoms with Gasteiger partial charge in [-0.25, -0.2) is 0 Å². The fraction of sp³-hybridized carbons (Fsp3) is 0.833. The van der Waals surface area contributed by atoms with Gasteiger partial charge in [-0.15, -0.1) is 12.4 Å². The van der Waals surface area contributed by atoms with E-state index in [1.54, 1.807) is 4.90 Å². The van der Waals surface area contributed by atoms with Crippen LogP contribution in [0.4, 0.5) is 0 Å². The number of nitrogens with one attached hydrogen (secondary N) is 1. The van der Waals surface area contributed by atoms with Crippen LogP contribution in [0.3, 0.4) is 0 Å². The largest absolute Gasteiger partial charge is 0.343 e. The molecule has 0 aromatic rings. The quantitative estimate of drug-likeness (QED) is 0.775. The molecule has 0 radical (unpaired) electrons. The highest BCUT2D eigenvalue weighted by molar-refractivity contribution is 5.91. The lowest BCUT2D eigenvalue weighted by atomic mass is 10.1. The van der Waals surface area contributed by atoms with Crippen molar-refractivity contribution in [3.05, 3.63) is 0 Å². The third-order valence-electron chi connectivity index (χ3n) is 3.12. The van der Waals surface area contributed by atoms with E-state index in [0.717, 1.165) is 6.42 Å². The predicted octanol–water partition coefficient (Wildman–Crippen LogP) is 0.661.